The maximum Gasteiger partial charge on any atom is 0.335 e. The Hall–Kier alpha value is -1.88. The van der Waals surface area contributed by atoms with Crippen LogP contribution in [0.3, 0.4) is 0 Å². The lowest BCUT2D eigenvalue weighted by Gasteiger charge is -2.35. The molecular weight excluding hydrogens is 270 g/mol. The van der Waals surface area contributed by atoms with Crippen LogP contribution in [0, 0.1) is 0 Å². The van der Waals surface area contributed by atoms with Crippen molar-refractivity contribution in [2.24, 2.45) is 0 Å². The molecule has 0 unspecified atom stereocenters. The third kappa shape index (κ3) is 2.42. The van der Waals surface area contributed by atoms with E-state index in [1.807, 2.05) is 12.1 Å². The molecule has 5 nitrogen and oxygen atoms in total. The molecule has 1 aliphatic heterocycles. The van der Waals surface area contributed by atoms with E-state index in [1.54, 1.807) is 4.90 Å². The quantitative estimate of drug-likeness (QED) is 0.858. The number of carbonyl (C=O) groups is 2. The van der Waals surface area contributed by atoms with Crippen LogP contribution in [-0.2, 0) is 17.6 Å². The van der Waals surface area contributed by atoms with Gasteiger partial charge >= 0.3 is 5.97 Å². The largest absolute Gasteiger partial charge is 0.479 e. The second-order valence-electron chi connectivity index (χ2n) is 5.93. The van der Waals surface area contributed by atoms with Crippen LogP contribution in [0.25, 0.3) is 0 Å². The number of fused-ring (bicyclic) bond motifs is 1. The second-order valence-corrected chi connectivity index (χ2v) is 5.93. The molecule has 3 rings (SSSR count). The third-order valence-electron chi connectivity index (χ3n) is 4.65. The fraction of sp³-hybridized carbons (Fsp3) is 0.500. The second kappa shape index (κ2) is 5.15. The molecule has 0 radical (unpaired) electrons. The van der Waals surface area contributed by atoms with Crippen molar-refractivity contribution in [2.45, 2.75) is 37.7 Å². The van der Waals surface area contributed by atoms with Crippen molar-refractivity contribution >= 4 is 11.9 Å². The molecule has 21 heavy (non-hydrogen) atoms. The number of amides is 1. The van der Waals surface area contributed by atoms with Gasteiger partial charge in [-0.25, -0.2) is 4.79 Å². The minimum atomic E-state index is -1.69. The SMILES string of the molecule is O=C(c1cccc2c1CCC2)N1CCC(O)(C(=O)O)CC1. The van der Waals surface area contributed by atoms with Gasteiger partial charge in [0.1, 0.15) is 0 Å². The summed E-state index contributed by atoms with van der Waals surface area (Å²) in [5, 5.41) is 18.9. The van der Waals surface area contributed by atoms with Crippen LogP contribution < -0.4 is 0 Å². The summed E-state index contributed by atoms with van der Waals surface area (Å²) in [5.41, 5.74) is 1.45. The number of rotatable bonds is 2. The predicted molar refractivity (Wildman–Crippen MR) is 76.2 cm³/mol. The summed E-state index contributed by atoms with van der Waals surface area (Å²) in [6.45, 7) is 0.566. The van der Waals surface area contributed by atoms with Crippen molar-refractivity contribution in [1.82, 2.24) is 4.90 Å². The summed E-state index contributed by atoms with van der Waals surface area (Å²) in [7, 11) is 0. The minimum Gasteiger partial charge on any atom is -0.479 e. The number of carboxylic acids is 1. The first-order valence-corrected chi connectivity index (χ1v) is 7.37. The van der Waals surface area contributed by atoms with E-state index < -0.39 is 11.6 Å². The van der Waals surface area contributed by atoms with Gasteiger partial charge in [0.15, 0.2) is 5.60 Å². The van der Waals surface area contributed by atoms with Gasteiger partial charge in [0.2, 0.25) is 0 Å². The topological polar surface area (TPSA) is 77.8 Å². The van der Waals surface area contributed by atoms with Crippen LogP contribution in [0.4, 0.5) is 0 Å². The van der Waals surface area contributed by atoms with Gasteiger partial charge in [-0.05, 0) is 36.5 Å². The Morgan fingerprint density at radius 3 is 2.52 bits per heavy atom. The van der Waals surface area contributed by atoms with Crippen LogP contribution in [-0.4, -0.2) is 45.7 Å². The van der Waals surface area contributed by atoms with E-state index in [2.05, 4.69) is 6.07 Å². The molecule has 0 bridgehead atoms. The lowest BCUT2D eigenvalue weighted by atomic mass is 9.91. The number of hydrogen-bond acceptors (Lipinski definition) is 3. The maximum atomic E-state index is 12.6. The monoisotopic (exact) mass is 289 g/mol. The van der Waals surface area contributed by atoms with Gasteiger partial charge in [-0.3, -0.25) is 4.79 Å². The van der Waals surface area contributed by atoms with E-state index in [4.69, 9.17) is 5.11 Å². The summed E-state index contributed by atoms with van der Waals surface area (Å²) in [6, 6.07) is 5.83. The molecule has 5 heteroatoms. The number of piperidine rings is 1. The fourth-order valence-electron chi connectivity index (χ4n) is 3.28. The number of carbonyl (C=O) groups excluding carboxylic acids is 1. The molecular formula is C16H19NO4. The Balaban J connectivity index is 1.76. The zero-order valence-corrected chi connectivity index (χ0v) is 11.8. The Morgan fingerprint density at radius 1 is 1.14 bits per heavy atom. The normalized spacial score (nSPS) is 20.1. The van der Waals surface area contributed by atoms with Gasteiger partial charge in [0.05, 0.1) is 0 Å². The molecule has 1 saturated heterocycles. The highest BCUT2D eigenvalue weighted by molar-refractivity contribution is 5.96. The molecule has 1 aliphatic carbocycles. The predicted octanol–water partition coefficient (Wildman–Crippen LogP) is 1.23. The zero-order valence-electron chi connectivity index (χ0n) is 11.8. The minimum absolute atomic E-state index is 0.0406. The van der Waals surface area contributed by atoms with Crippen LogP contribution >= 0.6 is 0 Å². The Kier molecular flexibility index (Phi) is 3.45. The van der Waals surface area contributed by atoms with Crippen molar-refractivity contribution in [2.75, 3.05) is 13.1 Å². The van der Waals surface area contributed by atoms with Gasteiger partial charge in [0, 0.05) is 31.5 Å². The van der Waals surface area contributed by atoms with Gasteiger partial charge in [-0.15, -0.1) is 0 Å². The van der Waals surface area contributed by atoms with Crippen LogP contribution in [0.5, 0.6) is 0 Å². The van der Waals surface area contributed by atoms with Gasteiger partial charge in [-0.2, -0.15) is 0 Å². The van der Waals surface area contributed by atoms with Crippen LogP contribution in [0.2, 0.25) is 0 Å². The highest BCUT2D eigenvalue weighted by Gasteiger charge is 2.40. The fourth-order valence-corrected chi connectivity index (χ4v) is 3.28. The molecule has 0 saturated carbocycles. The number of hydrogen-bond donors (Lipinski definition) is 2. The molecule has 0 spiro atoms. The number of aliphatic carboxylic acids is 1. The first-order chi connectivity index (χ1) is 10.0. The lowest BCUT2D eigenvalue weighted by Crippen LogP contribution is -2.50. The molecule has 1 aromatic rings. The van der Waals surface area contributed by atoms with Gasteiger partial charge in [-0.1, -0.05) is 12.1 Å². The summed E-state index contributed by atoms with van der Waals surface area (Å²) < 4.78 is 0. The number of nitrogens with zero attached hydrogens (tertiary/aromatic N) is 1. The number of benzene rings is 1. The molecule has 1 amide bonds. The van der Waals surface area contributed by atoms with E-state index in [-0.39, 0.29) is 31.8 Å². The standard InChI is InChI=1S/C16H19NO4/c18-14(13-6-2-4-11-3-1-5-12(11)13)17-9-7-16(21,8-10-17)15(19)20/h2,4,6,21H,1,3,5,7-10H2,(H,19,20). The molecule has 1 aromatic carbocycles. The highest BCUT2D eigenvalue weighted by Crippen LogP contribution is 2.28. The Labute approximate surface area is 123 Å². The summed E-state index contributed by atoms with van der Waals surface area (Å²) in [5.74, 6) is -1.24. The zero-order chi connectivity index (χ0) is 15.0. The molecule has 1 fully saturated rings. The first kappa shape index (κ1) is 14.1. The van der Waals surface area contributed by atoms with E-state index in [1.165, 1.54) is 5.56 Å². The third-order valence-corrected chi connectivity index (χ3v) is 4.65. The average Bonchev–Trinajstić information content (AvgIpc) is 2.95. The number of aliphatic hydroxyl groups is 1. The van der Waals surface area contributed by atoms with Crippen molar-refractivity contribution < 1.29 is 19.8 Å². The molecule has 0 aromatic heterocycles. The molecule has 112 valence electrons. The van der Waals surface area contributed by atoms with Crippen LogP contribution in [0.1, 0.15) is 40.7 Å². The van der Waals surface area contributed by atoms with E-state index in [9.17, 15) is 14.7 Å². The maximum absolute atomic E-state index is 12.6. The number of likely N-dealkylation sites (tertiary alicyclic amines) is 1. The van der Waals surface area contributed by atoms with E-state index >= 15 is 0 Å². The molecule has 2 N–H and O–H groups in total. The van der Waals surface area contributed by atoms with Crippen molar-refractivity contribution in [3.63, 3.8) is 0 Å². The number of aryl methyl sites for hydroxylation is 1. The van der Waals surface area contributed by atoms with Gasteiger partial charge < -0.3 is 15.1 Å². The van der Waals surface area contributed by atoms with Gasteiger partial charge in [0.25, 0.3) is 5.91 Å². The molecule has 1 heterocycles. The van der Waals surface area contributed by atoms with Crippen LogP contribution in [0.15, 0.2) is 18.2 Å². The summed E-state index contributed by atoms with van der Waals surface area (Å²) in [4.78, 5) is 25.3. The van der Waals surface area contributed by atoms with Crippen molar-refractivity contribution in [3.05, 3.63) is 34.9 Å². The van der Waals surface area contributed by atoms with E-state index in [0.29, 0.717) is 0 Å². The molecule has 0 atom stereocenters. The molecule has 2 aliphatic rings. The van der Waals surface area contributed by atoms with E-state index in [0.717, 1.165) is 30.4 Å². The Bertz CT molecular complexity index is 588. The smallest absolute Gasteiger partial charge is 0.335 e. The van der Waals surface area contributed by atoms with Crippen molar-refractivity contribution in [3.8, 4) is 0 Å². The summed E-state index contributed by atoms with van der Waals surface area (Å²) in [6.07, 6.45) is 3.21. The Morgan fingerprint density at radius 2 is 1.86 bits per heavy atom. The first-order valence-electron chi connectivity index (χ1n) is 7.37. The summed E-state index contributed by atoms with van der Waals surface area (Å²) >= 11 is 0. The highest BCUT2D eigenvalue weighted by atomic mass is 16.4. The van der Waals surface area contributed by atoms with Crippen molar-refractivity contribution in [1.29, 1.82) is 0 Å². The average molecular weight is 289 g/mol. The number of carboxylic acid groups (broad SMARTS) is 1. The lowest BCUT2D eigenvalue weighted by molar-refractivity contribution is -0.162.